The second-order valence-corrected chi connectivity index (χ2v) is 8.33. The van der Waals surface area contributed by atoms with E-state index in [-0.39, 0.29) is 11.9 Å². The maximum atomic E-state index is 12.9. The molecule has 29 heavy (non-hydrogen) atoms. The van der Waals surface area contributed by atoms with Crippen molar-refractivity contribution in [3.05, 3.63) is 57.7 Å². The second-order valence-electron chi connectivity index (χ2n) is 7.92. The molecule has 4 rings (SSSR count). The van der Waals surface area contributed by atoms with E-state index >= 15 is 0 Å². The van der Waals surface area contributed by atoms with E-state index in [1.165, 1.54) is 19.3 Å². The third kappa shape index (κ3) is 4.07. The van der Waals surface area contributed by atoms with E-state index in [1.807, 2.05) is 45.0 Å². The first-order valence-corrected chi connectivity index (χ1v) is 10.6. The summed E-state index contributed by atoms with van der Waals surface area (Å²) in [6, 6.07) is 7.75. The predicted octanol–water partition coefficient (Wildman–Crippen LogP) is 5.56. The minimum absolute atomic E-state index is 0.0225. The first-order chi connectivity index (χ1) is 13.9. The van der Waals surface area contributed by atoms with Gasteiger partial charge in [-0.1, -0.05) is 18.0 Å². The van der Waals surface area contributed by atoms with Crippen LogP contribution in [0, 0.1) is 20.8 Å². The Labute approximate surface area is 176 Å². The van der Waals surface area contributed by atoms with Crippen LogP contribution in [0.2, 0.25) is 5.02 Å². The number of carbonyl (C=O) groups is 1. The van der Waals surface area contributed by atoms with Crippen molar-refractivity contribution in [2.75, 3.05) is 19.6 Å². The standard InChI is InChI=1S/C23H27ClN2O3/c1-14-11-21-17(12-18(14)24)16(3)22(29-21)23(27)25-13-19(20-8-7-15(2)28-20)26-9-5-4-6-10-26/h7-8,11-12,19H,4-6,9-10,13H2,1-3H3,(H,25,27). The van der Waals surface area contributed by atoms with Crippen molar-refractivity contribution in [1.29, 1.82) is 0 Å². The number of likely N-dealkylation sites (tertiary alicyclic amines) is 1. The van der Waals surface area contributed by atoms with Crippen molar-refractivity contribution in [2.24, 2.45) is 0 Å². The van der Waals surface area contributed by atoms with Gasteiger partial charge in [0.1, 0.15) is 17.1 Å². The van der Waals surface area contributed by atoms with Gasteiger partial charge in [-0.3, -0.25) is 9.69 Å². The van der Waals surface area contributed by atoms with Gasteiger partial charge in [0.15, 0.2) is 5.76 Å². The lowest BCUT2D eigenvalue weighted by Gasteiger charge is -2.33. The Morgan fingerprint density at radius 2 is 1.90 bits per heavy atom. The SMILES string of the molecule is Cc1ccc(C(CNC(=O)c2oc3cc(C)c(Cl)cc3c2C)N2CCCCC2)o1. The number of nitrogens with zero attached hydrogens (tertiary/aromatic N) is 1. The fourth-order valence-corrected chi connectivity index (χ4v) is 4.26. The highest BCUT2D eigenvalue weighted by Gasteiger charge is 2.27. The highest BCUT2D eigenvalue weighted by molar-refractivity contribution is 6.32. The summed E-state index contributed by atoms with van der Waals surface area (Å²) >= 11 is 6.25. The van der Waals surface area contributed by atoms with E-state index in [1.54, 1.807) is 0 Å². The van der Waals surface area contributed by atoms with Crippen LogP contribution in [-0.4, -0.2) is 30.4 Å². The number of furan rings is 2. The molecule has 1 saturated heterocycles. The molecule has 1 atom stereocenters. The molecule has 3 heterocycles. The van der Waals surface area contributed by atoms with Gasteiger partial charge in [-0.2, -0.15) is 0 Å². The van der Waals surface area contributed by atoms with E-state index in [0.29, 0.717) is 22.9 Å². The quantitative estimate of drug-likeness (QED) is 0.593. The number of nitrogens with one attached hydrogen (secondary N) is 1. The average molecular weight is 415 g/mol. The molecule has 1 unspecified atom stereocenters. The average Bonchev–Trinajstić information content (AvgIpc) is 3.27. The number of aryl methyl sites for hydroxylation is 3. The zero-order valence-corrected chi connectivity index (χ0v) is 17.9. The van der Waals surface area contributed by atoms with Crippen LogP contribution < -0.4 is 5.32 Å². The summed E-state index contributed by atoms with van der Waals surface area (Å²) in [6.45, 7) is 8.27. The number of amides is 1. The molecule has 0 saturated carbocycles. The topological polar surface area (TPSA) is 58.6 Å². The van der Waals surface area contributed by atoms with Crippen molar-refractivity contribution >= 4 is 28.5 Å². The lowest BCUT2D eigenvalue weighted by Crippen LogP contribution is -2.40. The lowest BCUT2D eigenvalue weighted by molar-refractivity contribution is 0.0888. The lowest BCUT2D eigenvalue weighted by atomic mass is 10.1. The second kappa shape index (κ2) is 8.25. The molecule has 1 aliphatic heterocycles. The molecule has 0 bridgehead atoms. The zero-order chi connectivity index (χ0) is 20.5. The normalized spacial score (nSPS) is 16.3. The molecule has 1 aromatic carbocycles. The largest absolute Gasteiger partial charge is 0.465 e. The third-order valence-electron chi connectivity index (χ3n) is 5.80. The zero-order valence-electron chi connectivity index (χ0n) is 17.2. The molecular formula is C23H27ClN2O3. The van der Waals surface area contributed by atoms with Gasteiger partial charge in [0.05, 0.1) is 6.04 Å². The Hall–Kier alpha value is -2.24. The van der Waals surface area contributed by atoms with Crippen LogP contribution in [0.4, 0.5) is 0 Å². The van der Waals surface area contributed by atoms with E-state index in [2.05, 4.69) is 10.2 Å². The molecule has 2 aromatic heterocycles. The molecular weight excluding hydrogens is 388 g/mol. The number of hydrogen-bond acceptors (Lipinski definition) is 4. The summed E-state index contributed by atoms with van der Waals surface area (Å²) < 4.78 is 11.8. The molecule has 5 nitrogen and oxygen atoms in total. The molecule has 0 radical (unpaired) electrons. The van der Waals surface area contributed by atoms with Gasteiger partial charge < -0.3 is 14.2 Å². The van der Waals surface area contributed by atoms with Crippen molar-refractivity contribution in [3.63, 3.8) is 0 Å². The van der Waals surface area contributed by atoms with Gasteiger partial charge in [-0.15, -0.1) is 0 Å². The minimum Gasteiger partial charge on any atom is -0.465 e. The van der Waals surface area contributed by atoms with Crippen LogP contribution in [0.15, 0.2) is 33.1 Å². The van der Waals surface area contributed by atoms with E-state index in [4.69, 9.17) is 20.4 Å². The van der Waals surface area contributed by atoms with E-state index in [9.17, 15) is 4.79 Å². The van der Waals surface area contributed by atoms with Gasteiger partial charge in [-0.25, -0.2) is 0 Å². The Kier molecular flexibility index (Phi) is 5.70. The van der Waals surface area contributed by atoms with Gasteiger partial charge in [0.2, 0.25) is 0 Å². The van der Waals surface area contributed by atoms with Crippen LogP contribution in [0.25, 0.3) is 11.0 Å². The highest BCUT2D eigenvalue weighted by Crippen LogP contribution is 2.31. The molecule has 6 heteroatoms. The summed E-state index contributed by atoms with van der Waals surface area (Å²) in [4.78, 5) is 15.3. The van der Waals surface area contributed by atoms with Gasteiger partial charge in [0.25, 0.3) is 5.91 Å². The van der Waals surface area contributed by atoms with Crippen LogP contribution in [0.5, 0.6) is 0 Å². The maximum absolute atomic E-state index is 12.9. The molecule has 1 fully saturated rings. The number of halogens is 1. The number of piperidine rings is 1. The Bertz CT molecular complexity index is 1030. The van der Waals surface area contributed by atoms with Crippen molar-refractivity contribution in [3.8, 4) is 0 Å². The monoisotopic (exact) mass is 414 g/mol. The van der Waals surface area contributed by atoms with Gasteiger partial charge in [0, 0.05) is 22.5 Å². The van der Waals surface area contributed by atoms with Crippen molar-refractivity contribution in [2.45, 2.75) is 46.1 Å². The van der Waals surface area contributed by atoms with Crippen molar-refractivity contribution in [1.82, 2.24) is 10.2 Å². The third-order valence-corrected chi connectivity index (χ3v) is 6.21. The number of fused-ring (bicyclic) bond motifs is 1. The summed E-state index contributed by atoms with van der Waals surface area (Å²) in [5.41, 5.74) is 2.42. The molecule has 0 aliphatic carbocycles. The Morgan fingerprint density at radius 3 is 2.59 bits per heavy atom. The molecule has 3 aromatic rings. The highest BCUT2D eigenvalue weighted by atomic mass is 35.5. The summed E-state index contributed by atoms with van der Waals surface area (Å²) in [5, 5.41) is 4.62. The molecule has 0 spiro atoms. The fourth-order valence-electron chi connectivity index (χ4n) is 4.10. The maximum Gasteiger partial charge on any atom is 0.287 e. The van der Waals surface area contributed by atoms with Crippen LogP contribution in [0.1, 0.15) is 58.5 Å². The number of hydrogen-bond donors (Lipinski definition) is 1. The van der Waals surface area contributed by atoms with Crippen LogP contribution >= 0.6 is 11.6 Å². The van der Waals surface area contributed by atoms with Crippen LogP contribution in [0.3, 0.4) is 0 Å². The Balaban J connectivity index is 1.55. The van der Waals surface area contributed by atoms with E-state index in [0.717, 1.165) is 41.1 Å². The van der Waals surface area contributed by atoms with Gasteiger partial charge in [-0.05, 0) is 76.5 Å². The molecule has 1 amide bonds. The summed E-state index contributed by atoms with van der Waals surface area (Å²) in [6.07, 6.45) is 3.60. The molecule has 1 N–H and O–H groups in total. The minimum atomic E-state index is -0.210. The molecule has 154 valence electrons. The number of benzene rings is 1. The van der Waals surface area contributed by atoms with Crippen molar-refractivity contribution < 1.29 is 13.6 Å². The predicted molar refractivity (Wildman–Crippen MR) is 115 cm³/mol. The first kappa shape index (κ1) is 20.0. The summed E-state index contributed by atoms with van der Waals surface area (Å²) in [7, 11) is 0. The van der Waals surface area contributed by atoms with Gasteiger partial charge >= 0.3 is 0 Å². The number of rotatable bonds is 5. The fraction of sp³-hybridized carbons (Fsp3) is 0.435. The number of carbonyl (C=O) groups excluding carboxylic acids is 1. The van der Waals surface area contributed by atoms with Crippen LogP contribution in [-0.2, 0) is 0 Å². The van der Waals surface area contributed by atoms with E-state index < -0.39 is 0 Å². The summed E-state index contributed by atoms with van der Waals surface area (Å²) in [5.74, 6) is 1.91. The first-order valence-electron chi connectivity index (χ1n) is 10.2. The smallest absolute Gasteiger partial charge is 0.287 e. The molecule has 1 aliphatic rings. The Morgan fingerprint density at radius 1 is 1.14 bits per heavy atom.